The van der Waals surface area contributed by atoms with Crippen LogP contribution in [0.5, 0.6) is 0 Å². The van der Waals surface area contributed by atoms with Crippen LogP contribution in [0, 0.1) is 11.8 Å². The van der Waals surface area contributed by atoms with E-state index in [1.165, 1.54) is 4.90 Å². The van der Waals surface area contributed by atoms with Gasteiger partial charge in [-0.3, -0.25) is 14.6 Å². The second-order valence-corrected chi connectivity index (χ2v) is 11.3. The highest BCUT2D eigenvalue weighted by atomic mass is 79.9. The maximum atomic E-state index is 14.1. The molecule has 1 saturated heterocycles. The zero-order valence-corrected chi connectivity index (χ0v) is 21.8. The highest BCUT2D eigenvalue weighted by molar-refractivity contribution is 9.10. The Bertz CT molecular complexity index is 1100. The van der Waals surface area contributed by atoms with E-state index in [1.54, 1.807) is 36.5 Å². The van der Waals surface area contributed by atoms with Crippen LogP contribution in [-0.2, 0) is 15.0 Å². The molecule has 2 amide bonds. The van der Waals surface area contributed by atoms with Crippen molar-refractivity contribution in [3.63, 3.8) is 0 Å². The molecule has 182 valence electrons. The number of rotatable bonds is 6. The Balaban J connectivity index is 2.23. The molecule has 0 bridgehead atoms. The number of carboxylic acids is 1. The molecule has 1 fully saturated rings. The number of pyridine rings is 1. The molecule has 1 aromatic carbocycles. The first-order valence-electron chi connectivity index (χ1n) is 11.4. The summed E-state index contributed by atoms with van der Waals surface area (Å²) in [5.74, 6) is -3.19. The van der Waals surface area contributed by atoms with Gasteiger partial charge in [0.15, 0.2) is 0 Å². The fourth-order valence-electron chi connectivity index (χ4n) is 5.02. The molecule has 1 aliphatic heterocycles. The number of primary amides is 1. The average molecular weight is 530 g/mol. The Morgan fingerprint density at radius 2 is 1.91 bits per heavy atom. The van der Waals surface area contributed by atoms with Crippen LogP contribution in [-0.4, -0.2) is 38.3 Å². The van der Waals surface area contributed by atoms with Crippen molar-refractivity contribution >= 4 is 33.7 Å². The molecule has 1 aromatic heterocycles. The van der Waals surface area contributed by atoms with E-state index in [0.29, 0.717) is 11.3 Å². The molecule has 0 saturated carbocycles. The van der Waals surface area contributed by atoms with E-state index in [2.05, 4.69) is 41.7 Å². The number of carbonyl (C=O) groups is 3. The Labute approximate surface area is 208 Å². The van der Waals surface area contributed by atoms with Crippen molar-refractivity contribution in [1.82, 2.24) is 9.88 Å². The highest BCUT2D eigenvalue weighted by Crippen LogP contribution is 2.50. The second-order valence-electron chi connectivity index (χ2n) is 10.5. The number of benzene rings is 1. The van der Waals surface area contributed by atoms with Gasteiger partial charge in [-0.15, -0.1) is 0 Å². The standard InChI is InChI=1S/C26H32BrN3O4/c1-15(2)13-26(24(33)34)14-17(22(28)31)21(20-8-6-7-11-29-20)30(26)23(32)16-9-10-18(19(27)12-16)25(3,4)5/h6-12,15,17,21H,13-14H2,1-5H3,(H2,28,31)(H,33,34)/t17-,21+,26-/m0/s1. The van der Waals surface area contributed by atoms with Gasteiger partial charge >= 0.3 is 5.97 Å². The maximum absolute atomic E-state index is 14.1. The quantitative estimate of drug-likeness (QED) is 0.562. The highest BCUT2D eigenvalue weighted by Gasteiger charge is 2.60. The summed E-state index contributed by atoms with van der Waals surface area (Å²) in [4.78, 5) is 45.2. The van der Waals surface area contributed by atoms with Gasteiger partial charge in [-0.25, -0.2) is 4.79 Å². The minimum Gasteiger partial charge on any atom is -0.479 e. The summed E-state index contributed by atoms with van der Waals surface area (Å²) in [6.45, 7) is 10.0. The van der Waals surface area contributed by atoms with Crippen LogP contribution in [0.15, 0.2) is 47.1 Å². The van der Waals surface area contributed by atoms with E-state index < -0.39 is 35.3 Å². The summed E-state index contributed by atoms with van der Waals surface area (Å²) in [7, 11) is 0. The van der Waals surface area contributed by atoms with Crippen molar-refractivity contribution in [1.29, 1.82) is 0 Å². The largest absolute Gasteiger partial charge is 0.479 e. The molecule has 34 heavy (non-hydrogen) atoms. The monoisotopic (exact) mass is 529 g/mol. The molecule has 0 radical (unpaired) electrons. The first-order chi connectivity index (χ1) is 15.8. The van der Waals surface area contributed by atoms with Crippen LogP contribution in [0.3, 0.4) is 0 Å². The molecule has 0 aliphatic carbocycles. The first-order valence-corrected chi connectivity index (χ1v) is 12.2. The molecule has 3 rings (SSSR count). The van der Waals surface area contributed by atoms with Gasteiger partial charge in [-0.1, -0.05) is 62.7 Å². The van der Waals surface area contributed by atoms with Crippen molar-refractivity contribution in [2.24, 2.45) is 17.6 Å². The van der Waals surface area contributed by atoms with Gasteiger partial charge in [0.25, 0.3) is 5.91 Å². The Hall–Kier alpha value is -2.74. The molecular weight excluding hydrogens is 498 g/mol. The van der Waals surface area contributed by atoms with Gasteiger partial charge in [0.1, 0.15) is 5.54 Å². The molecule has 2 aromatic rings. The van der Waals surface area contributed by atoms with Crippen molar-refractivity contribution in [2.75, 3.05) is 0 Å². The van der Waals surface area contributed by atoms with Crippen LogP contribution in [0.25, 0.3) is 0 Å². The number of hydrogen-bond donors (Lipinski definition) is 2. The van der Waals surface area contributed by atoms with E-state index in [-0.39, 0.29) is 24.2 Å². The molecule has 7 nitrogen and oxygen atoms in total. The van der Waals surface area contributed by atoms with Crippen molar-refractivity contribution in [3.8, 4) is 0 Å². The Kier molecular flexibility index (Phi) is 7.22. The molecule has 0 unspecified atom stereocenters. The molecular formula is C26H32BrN3O4. The molecule has 0 spiro atoms. The predicted octanol–water partition coefficient (Wildman–Crippen LogP) is 4.70. The lowest BCUT2D eigenvalue weighted by molar-refractivity contribution is -0.150. The maximum Gasteiger partial charge on any atom is 0.329 e. The molecule has 3 N–H and O–H groups in total. The number of likely N-dealkylation sites (tertiary alicyclic amines) is 1. The molecule has 3 atom stereocenters. The molecule has 8 heteroatoms. The number of amides is 2. The lowest BCUT2D eigenvalue weighted by Gasteiger charge is -2.39. The van der Waals surface area contributed by atoms with Gasteiger partial charge in [-0.2, -0.15) is 0 Å². The number of nitrogens with zero attached hydrogens (tertiary/aromatic N) is 2. The fraction of sp³-hybridized carbons (Fsp3) is 0.462. The minimum atomic E-state index is -1.59. The number of aliphatic carboxylic acids is 1. The van der Waals surface area contributed by atoms with E-state index in [0.717, 1.165) is 10.0 Å². The fourth-order valence-corrected chi connectivity index (χ4v) is 5.99. The summed E-state index contributed by atoms with van der Waals surface area (Å²) < 4.78 is 0.760. The number of hydrogen-bond acceptors (Lipinski definition) is 4. The van der Waals surface area contributed by atoms with Crippen LogP contribution in [0.2, 0.25) is 0 Å². The lowest BCUT2D eigenvalue weighted by atomic mass is 9.83. The summed E-state index contributed by atoms with van der Waals surface area (Å²) in [6, 6.07) is 9.60. The topological polar surface area (TPSA) is 114 Å². The third-order valence-electron chi connectivity index (χ3n) is 6.42. The number of carboxylic acid groups (broad SMARTS) is 1. The van der Waals surface area contributed by atoms with Gasteiger partial charge in [0, 0.05) is 16.2 Å². The van der Waals surface area contributed by atoms with E-state index >= 15 is 0 Å². The van der Waals surface area contributed by atoms with Crippen LogP contribution < -0.4 is 5.73 Å². The second kappa shape index (κ2) is 9.49. The van der Waals surface area contributed by atoms with Gasteiger partial charge < -0.3 is 15.7 Å². The zero-order chi connectivity index (χ0) is 25.4. The molecule has 1 aliphatic rings. The number of halogens is 1. The van der Waals surface area contributed by atoms with E-state index in [9.17, 15) is 19.5 Å². The Morgan fingerprint density at radius 1 is 1.24 bits per heavy atom. The van der Waals surface area contributed by atoms with Crippen LogP contribution in [0.4, 0.5) is 0 Å². The van der Waals surface area contributed by atoms with Crippen molar-refractivity contribution < 1.29 is 19.5 Å². The third-order valence-corrected chi connectivity index (χ3v) is 7.08. The van der Waals surface area contributed by atoms with Gasteiger partial charge in [0.2, 0.25) is 5.91 Å². The predicted molar refractivity (Wildman–Crippen MR) is 133 cm³/mol. The first kappa shape index (κ1) is 25.9. The van der Waals surface area contributed by atoms with Crippen LogP contribution >= 0.6 is 15.9 Å². The van der Waals surface area contributed by atoms with Crippen molar-refractivity contribution in [2.45, 2.75) is 64.5 Å². The molecule has 2 heterocycles. The normalized spacial score (nSPS) is 22.7. The van der Waals surface area contributed by atoms with Crippen LogP contribution in [0.1, 0.15) is 75.1 Å². The summed E-state index contributed by atoms with van der Waals surface area (Å²) in [5, 5.41) is 10.5. The third kappa shape index (κ3) is 4.73. The Morgan fingerprint density at radius 3 is 2.38 bits per heavy atom. The average Bonchev–Trinajstić information content (AvgIpc) is 3.08. The minimum absolute atomic E-state index is 0.0441. The van der Waals surface area contributed by atoms with Gasteiger partial charge in [-0.05, 0) is 54.0 Å². The summed E-state index contributed by atoms with van der Waals surface area (Å²) in [5.41, 5.74) is 5.82. The zero-order valence-electron chi connectivity index (χ0n) is 20.2. The smallest absolute Gasteiger partial charge is 0.329 e. The number of carbonyl (C=O) groups excluding carboxylic acids is 2. The number of nitrogens with two attached hydrogens (primary N) is 1. The van der Waals surface area contributed by atoms with Gasteiger partial charge in [0.05, 0.1) is 17.7 Å². The summed E-state index contributed by atoms with van der Waals surface area (Å²) >= 11 is 3.58. The SMILES string of the molecule is CC(C)C[C@@]1(C(=O)O)C[C@H](C(N)=O)[C@H](c2ccccn2)N1C(=O)c1ccc(C(C)(C)C)c(Br)c1. The number of aromatic nitrogens is 1. The lowest BCUT2D eigenvalue weighted by Crippen LogP contribution is -2.54. The van der Waals surface area contributed by atoms with E-state index in [4.69, 9.17) is 5.73 Å². The summed E-state index contributed by atoms with van der Waals surface area (Å²) in [6.07, 6.45) is 1.68. The van der Waals surface area contributed by atoms with E-state index in [1.807, 2.05) is 19.9 Å². The van der Waals surface area contributed by atoms with Crippen molar-refractivity contribution in [3.05, 3.63) is 63.9 Å².